The second-order valence-corrected chi connectivity index (χ2v) is 5.46. The van der Waals surface area contributed by atoms with Gasteiger partial charge in [0.15, 0.2) is 0 Å². The maximum Gasteiger partial charge on any atom is 0.0659 e. The first kappa shape index (κ1) is 13.6. The van der Waals surface area contributed by atoms with Gasteiger partial charge in [-0.15, -0.1) is 0 Å². The molecule has 0 atom stereocenters. The van der Waals surface area contributed by atoms with Gasteiger partial charge in [-0.05, 0) is 61.1 Å². The van der Waals surface area contributed by atoms with Gasteiger partial charge in [-0.3, -0.25) is 4.99 Å². The molecule has 0 aliphatic carbocycles. The summed E-state index contributed by atoms with van der Waals surface area (Å²) in [6, 6.07) is 0. The number of rotatable bonds is 3. The zero-order valence-electron chi connectivity index (χ0n) is 12.6. The molecule has 1 N–H and O–H groups in total. The minimum atomic E-state index is 0.908. The summed E-state index contributed by atoms with van der Waals surface area (Å²) in [6.45, 7) is 1.01. The van der Waals surface area contributed by atoms with E-state index in [0.717, 1.165) is 47.2 Å². The van der Waals surface area contributed by atoms with Crippen LogP contribution in [0.5, 0.6) is 0 Å². The summed E-state index contributed by atoms with van der Waals surface area (Å²) < 4.78 is 0. The van der Waals surface area contributed by atoms with Crippen molar-refractivity contribution < 1.29 is 0 Å². The SMILES string of the molecule is C1=CC(=CC2=NC(=CC3=NC(=CC4=CCCN4)C=C3)C=C2)N=C1. The van der Waals surface area contributed by atoms with Crippen molar-refractivity contribution in [1.82, 2.24) is 5.32 Å². The van der Waals surface area contributed by atoms with E-state index in [-0.39, 0.29) is 0 Å². The quantitative estimate of drug-likeness (QED) is 0.855. The van der Waals surface area contributed by atoms with Gasteiger partial charge < -0.3 is 5.32 Å². The molecular weight excluding hydrogens is 284 g/mol. The molecule has 112 valence electrons. The minimum Gasteiger partial charge on any atom is -0.385 e. The minimum absolute atomic E-state index is 0.908. The molecule has 4 rings (SSSR count). The Kier molecular flexibility index (Phi) is 3.56. The lowest BCUT2D eigenvalue weighted by atomic mass is 10.2. The lowest BCUT2D eigenvalue weighted by molar-refractivity contribution is 0.891. The third kappa shape index (κ3) is 3.26. The molecule has 0 aromatic heterocycles. The lowest BCUT2D eigenvalue weighted by Gasteiger charge is -1.96. The van der Waals surface area contributed by atoms with Gasteiger partial charge in [0.25, 0.3) is 0 Å². The maximum atomic E-state index is 4.60. The van der Waals surface area contributed by atoms with E-state index in [0.29, 0.717) is 0 Å². The molecule has 0 aromatic carbocycles. The molecule has 4 heteroatoms. The molecule has 0 saturated heterocycles. The molecule has 4 aliphatic heterocycles. The van der Waals surface area contributed by atoms with E-state index < -0.39 is 0 Å². The molecule has 4 heterocycles. The second-order valence-electron chi connectivity index (χ2n) is 5.46. The van der Waals surface area contributed by atoms with E-state index in [1.54, 1.807) is 6.21 Å². The van der Waals surface area contributed by atoms with E-state index in [2.05, 4.69) is 32.4 Å². The van der Waals surface area contributed by atoms with Crippen molar-refractivity contribution in [1.29, 1.82) is 0 Å². The maximum absolute atomic E-state index is 4.60. The fourth-order valence-electron chi connectivity index (χ4n) is 2.60. The molecule has 0 aromatic rings. The zero-order valence-corrected chi connectivity index (χ0v) is 12.6. The smallest absolute Gasteiger partial charge is 0.0659 e. The topological polar surface area (TPSA) is 49.1 Å². The van der Waals surface area contributed by atoms with Gasteiger partial charge in [0.05, 0.1) is 28.5 Å². The van der Waals surface area contributed by atoms with Crippen LogP contribution < -0.4 is 5.32 Å². The Hall–Kier alpha value is -3.01. The fraction of sp³-hybridized carbons (Fsp3) is 0.105. The Balaban J connectivity index is 1.49. The fourth-order valence-corrected chi connectivity index (χ4v) is 2.60. The summed E-state index contributed by atoms with van der Waals surface area (Å²) in [5, 5.41) is 3.32. The molecule has 0 saturated carbocycles. The largest absolute Gasteiger partial charge is 0.385 e. The summed E-state index contributed by atoms with van der Waals surface area (Å²) in [5.74, 6) is 0. The van der Waals surface area contributed by atoms with Crippen LogP contribution in [0.15, 0.2) is 98.5 Å². The van der Waals surface area contributed by atoms with E-state index in [1.807, 2.05) is 48.6 Å². The van der Waals surface area contributed by atoms with E-state index in [9.17, 15) is 0 Å². The van der Waals surface area contributed by atoms with Gasteiger partial charge in [0.1, 0.15) is 0 Å². The third-order valence-corrected chi connectivity index (χ3v) is 3.68. The van der Waals surface area contributed by atoms with Crippen LogP contribution in [-0.2, 0) is 0 Å². The number of nitrogens with zero attached hydrogens (tertiary/aromatic N) is 3. The van der Waals surface area contributed by atoms with Gasteiger partial charge in [-0.2, -0.15) is 0 Å². The summed E-state index contributed by atoms with van der Waals surface area (Å²) in [5.41, 5.74) is 5.79. The molecule has 0 unspecified atom stereocenters. The van der Waals surface area contributed by atoms with Crippen LogP contribution in [0, 0.1) is 0 Å². The van der Waals surface area contributed by atoms with Crippen molar-refractivity contribution in [2.75, 3.05) is 6.54 Å². The van der Waals surface area contributed by atoms with Crippen LogP contribution in [0.4, 0.5) is 0 Å². The summed E-state index contributed by atoms with van der Waals surface area (Å²) >= 11 is 0. The van der Waals surface area contributed by atoms with Crippen molar-refractivity contribution >= 4 is 17.6 Å². The van der Waals surface area contributed by atoms with Crippen molar-refractivity contribution in [3.05, 3.63) is 83.5 Å². The number of hydrogen-bond acceptors (Lipinski definition) is 4. The first-order chi connectivity index (χ1) is 11.3. The average molecular weight is 300 g/mol. The normalized spacial score (nSPS) is 26.6. The van der Waals surface area contributed by atoms with Gasteiger partial charge in [0.2, 0.25) is 0 Å². The highest BCUT2D eigenvalue weighted by Gasteiger charge is 2.08. The molecule has 0 fully saturated rings. The third-order valence-electron chi connectivity index (χ3n) is 3.68. The molecule has 0 spiro atoms. The lowest BCUT2D eigenvalue weighted by Crippen LogP contribution is -2.05. The van der Waals surface area contributed by atoms with Crippen molar-refractivity contribution in [3.63, 3.8) is 0 Å². The van der Waals surface area contributed by atoms with Crippen molar-refractivity contribution in [2.24, 2.45) is 15.0 Å². The van der Waals surface area contributed by atoms with Gasteiger partial charge in [0, 0.05) is 18.5 Å². The molecular formula is C19H16N4. The summed E-state index contributed by atoms with van der Waals surface area (Å²) in [6.07, 6.45) is 23.0. The van der Waals surface area contributed by atoms with Gasteiger partial charge in [-0.1, -0.05) is 6.08 Å². The van der Waals surface area contributed by atoms with Crippen molar-refractivity contribution in [2.45, 2.75) is 6.42 Å². The Labute approximate surface area is 135 Å². The molecule has 0 bridgehead atoms. The second kappa shape index (κ2) is 6.01. The van der Waals surface area contributed by atoms with E-state index >= 15 is 0 Å². The van der Waals surface area contributed by atoms with Crippen LogP contribution >= 0.6 is 0 Å². The number of allylic oxidation sites excluding steroid dienone is 9. The van der Waals surface area contributed by atoms with E-state index in [4.69, 9.17) is 0 Å². The Bertz CT molecular complexity index is 823. The standard InChI is InChI=1S/C19H16N4/c1-3-14(20-9-1)11-16-5-7-18(22-16)13-19-8-6-17(23-19)12-15-4-2-10-21-15/h1,3-9,11-13,21H,2,10H2. The molecule has 0 radical (unpaired) electrons. The number of hydrogen-bond donors (Lipinski definition) is 1. The van der Waals surface area contributed by atoms with Crippen LogP contribution in [-0.4, -0.2) is 24.2 Å². The van der Waals surface area contributed by atoms with Gasteiger partial charge in [-0.25, -0.2) is 9.98 Å². The van der Waals surface area contributed by atoms with E-state index in [1.165, 1.54) is 0 Å². The van der Waals surface area contributed by atoms with Gasteiger partial charge >= 0.3 is 0 Å². The Morgan fingerprint density at radius 3 is 2.22 bits per heavy atom. The highest BCUT2D eigenvalue weighted by Crippen LogP contribution is 2.17. The monoisotopic (exact) mass is 300 g/mol. The number of aliphatic imine (C=N–C) groups is 3. The molecule has 4 aliphatic rings. The van der Waals surface area contributed by atoms with Crippen molar-refractivity contribution in [3.8, 4) is 0 Å². The predicted octanol–water partition coefficient (Wildman–Crippen LogP) is 3.18. The summed E-state index contributed by atoms with van der Waals surface area (Å²) in [4.78, 5) is 13.4. The number of nitrogens with one attached hydrogen (secondary N) is 1. The Morgan fingerprint density at radius 2 is 1.57 bits per heavy atom. The zero-order chi connectivity index (χ0) is 15.5. The summed E-state index contributed by atoms with van der Waals surface area (Å²) in [7, 11) is 0. The highest BCUT2D eigenvalue weighted by molar-refractivity contribution is 6.11. The average Bonchev–Trinajstić information content (AvgIpc) is 3.31. The first-order valence-corrected chi connectivity index (χ1v) is 7.69. The predicted molar refractivity (Wildman–Crippen MR) is 95.7 cm³/mol. The first-order valence-electron chi connectivity index (χ1n) is 7.69. The van der Waals surface area contributed by atoms with Crippen LogP contribution in [0.2, 0.25) is 0 Å². The highest BCUT2D eigenvalue weighted by atomic mass is 14.9. The van der Waals surface area contributed by atoms with Crippen LogP contribution in [0.3, 0.4) is 0 Å². The molecule has 0 amide bonds. The van der Waals surface area contributed by atoms with Crippen LogP contribution in [0.25, 0.3) is 0 Å². The Morgan fingerprint density at radius 1 is 0.826 bits per heavy atom. The van der Waals surface area contributed by atoms with Crippen LogP contribution in [0.1, 0.15) is 6.42 Å². The molecule has 23 heavy (non-hydrogen) atoms. The molecule has 4 nitrogen and oxygen atoms in total.